The predicted molar refractivity (Wildman–Crippen MR) is 72.1 cm³/mol. The molecule has 1 aromatic rings. The van der Waals surface area contributed by atoms with Gasteiger partial charge in [-0.25, -0.2) is 4.79 Å². The molecular formula is C15H20O3. The highest BCUT2D eigenvalue weighted by Gasteiger charge is 2.11. The van der Waals surface area contributed by atoms with E-state index in [0.717, 1.165) is 5.56 Å². The molecular weight excluding hydrogens is 228 g/mol. The Morgan fingerprint density at radius 3 is 2.50 bits per heavy atom. The lowest BCUT2D eigenvalue weighted by atomic mass is 10.1. The van der Waals surface area contributed by atoms with E-state index in [9.17, 15) is 4.79 Å². The molecule has 0 aliphatic heterocycles. The highest BCUT2D eigenvalue weighted by Crippen LogP contribution is 2.09. The van der Waals surface area contributed by atoms with Crippen LogP contribution in [0.1, 0.15) is 19.4 Å². The second-order valence-corrected chi connectivity index (χ2v) is 4.51. The van der Waals surface area contributed by atoms with Crippen molar-refractivity contribution in [3.8, 4) is 0 Å². The van der Waals surface area contributed by atoms with Crippen LogP contribution >= 0.6 is 0 Å². The highest BCUT2D eigenvalue weighted by molar-refractivity contribution is 5.94. The van der Waals surface area contributed by atoms with Crippen molar-refractivity contribution in [1.29, 1.82) is 0 Å². The largest absolute Gasteiger partial charge is 0.462 e. The summed E-state index contributed by atoms with van der Waals surface area (Å²) in [5, 5.41) is 0. The minimum Gasteiger partial charge on any atom is -0.462 e. The van der Waals surface area contributed by atoms with Gasteiger partial charge in [0.25, 0.3) is 0 Å². The van der Waals surface area contributed by atoms with Gasteiger partial charge in [-0.3, -0.25) is 0 Å². The van der Waals surface area contributed by atoms with Crippen LogP contribution < -0.4 is 0 Å². The summed E-state index contributed by atoms with van der Waals surface area (Å²) in [6, 6.07) is 9.66. The number of ether oxygens (including phenoxy) is 2. The third kappa shape index (κ3) is 5.15. The van der Waals surface area contributed by atoms with E-state index in [1.54, 1.807) is 13.2 Å². The maximum atomic E-state index is 11.9. The number of esters is 1. The van der Waals surface area contributed by atoms with Crippen molar-refractivity contribution in [2.24, 2.45) is 5.92 Å². The lowest BCUT2D eigenvalue weighted by Gasteiger charge is -2.09. The molecule has 0 bridgehead atoms. The van der Waals surface area contributed by atoms with Crippen molar-refractivity contribution in [2.75, 3.05) is 20.3 Å². The summed E-state index contributed by atoms with van der Waals surface area (Å²) < 4.78 is 10.2. The Kier molecular flexibility index (Phi) is 6.15. The number of carbonyl (C=O) groups is 1. The van der Waals surface area contributed by atoms with Crippen molar-refractivity contribution in [3.63, 3.8) is 0 Å². The van der Waals surface area contributed by atoms with E-state index in [-0.39, 0.29) is 12.6 Å². The topological polar surface area (TPSA) is 35.5 Å². The Labute approximate surface area is 108 Å². The molecule has 3 nitrogen and oxygen atoms in total. The Balaban J connectivity index is 2.75. The fraction of sp³-hybridized carbons (Fsp3) is 0.400. The second kappa shape index (κ2) is 7.67. The molecule has 0 saturated carbocycles. The van der Waals surface area contributed by atoms with Gasteiger partial charge in [-0.1, -0.05) is 44.2 Å². The van der Waals surface area contributed by atoms with E-state index in [0.29, 0.717) is 18.1 Å². The van der Waals surface area contributed by atoms with Crippen LogP contribution in [0.25, 0.3) is 6.08 Å². The SMILES string of the molecule is COCC(=Cc1ccccc1)C(=O)OCC(C)C. The number of rotatable bonds is 6. The Bertz CT molecular complexity index is 393. The van der Waals surface area contributed by atoms with Gasteiger partial charge in [0.15, 0.2) is 0 Å². The number of methoxy groups -OCH3 is 1. The van der Waals surface area contributed by atoms with E-state index in [2.05, 4.69) is 0 Å². The van der Waals surface area contributed by atoms with E-state index in [1.807, 2.05) is 44.2 Å². The van der Waals surface area contributed by atoms with Crippen LogP contribution in [-0.4, -0.2) is 26.3 Å². The normalized spacial score (nSPS) is 11.7. The molecule has 0 aromatic heterocycles. The summed E-state index contributed by atoms with van der Waals surface area (Å²) in [4.78, 5) is 11.9. The lowest BCUT2D eigenvalue weighted by molar-refractivity contribution is -0.140. The average Bonchev–Trinajstić information content (AvgIpc) is 2.36. The second-order valence-electron chi connectivity index (χ2n) is 4.51. The van der Waals surface area contributed by atoms with Crippen LogP contribution in [0.3, 0.4) is 0 Å². The smallest absolute Gasteiger partial charge is 0.336 e. The summed E-state index contributed by atoms with van der Waals surface area (Å²) in [7, 11) is 1.56. The highest BCUT2D eigenvalue weighted by atomic mass is 16.5. The maximum Gasteiger partial charge on any atom is 0.336 e. The van der Waals surface area contributed by atoms with Crippen LogP contribution in [0.5, 0.6) is 0 Å². The first-order valence-corrected chi connectivity index (χ1v) is 6.05. The quantitative estimate of drug-likeness (QED) is 0.573. The molecule has 0 aliphatic rings. The third-order valence-corrected chi connectivity index (χ3v) is 2.25. The van der Waals surface area contributed by atoms with Gasteiger partial charge in [0, 0.05) is 7.11 Å². The molecule has 0 atom stereocenters. The molecule has 0 fully saturated rings. The fourth-order valence-corrected chi connectivity index (χ4v) is 1.40. The number of hydrogen-bond acceptors (Lipinski definition) is 3. The van der Waals surface area contributed by atoms with Crippen molar-refractivity contribution in [2.45, 2.75) is 13.8 Å². The first kappa shape index (κ1) is 14.5. The van der Waals surface area contributed by atoms with Gasteiger partial charge in [-0.05, 0) is 17.6 Å². The molecule has 0 heterocycles. The van der Waals surface area contributed by atoms with E-state index < -0.39 is 0 Å². The minimum absolute atomic E-state index is 0.256. The van der Waals surface area contributed by atoms with Crippen LogP contribution in [0, 0.1) is 5.92 Å². The summed E-state index contributed by atoms with van der Waals surface area (Å²) in [5.74, 6) is 0.0175. The molecule has 0 amide bonds. The van der Waals surface area contributed by atoms with Crippen LogP contribution in [0.15, 0.2) is 35.9 Å². The molecule has 0 saturated heterocycles. The van der Waals surface area contributed by atoms with Crippen molar-refractivity contribution < 1.29 is 14.3 Å². The van der Waals surface area contributed by atoms with Gasteiger partial charge in [0.2, 0.25) is 0 Å². The summed E-state index contributed by atoms with van der Waals surface area (Å²) in [5.41, 5.74) is 1.50. The minimum atomic E-state index is -0.311. The monoisotopic (exact) mass is 248 g/mol. The molecule has 0 radical (unpaired) electrons. The zero-order valence-electron chi connectivity index (χ0n) is 11.2. The van der Waals surface area contributed by atoms with Crippen molar-refractivity contribution in [3.05, 3.63) is 41.5 Å². The van der Waals surface area contributed by atoms with Gasteiger partial charge in [-0.2, -0.15) is 0 Å². The number of benzene rings is 1. The van der Waals surface area contributed by atoms with Gasteiger partial charge >= 0.3 is 5.97 Å². The molecule has 1 aromatic carbocycles. The Hall–Kier alpha value is -1.61. The molecule has 0 spiro atoms. The van der Waals surface area contributed by atoms with Crippen LogP contribution in [0.2, 0.25) is 0 Å². The first-order valence-electron chi connectivity index (χ1n) is 6.05. The zero-order chi connectivity index (χ0) is 13.4. The molecule has 0 unspecified atom stereocenters. The summed E-state index contributed by atoms with van der Waals surface area (Å²) >= 11 is 0. The predicted octanol–water partition coefficient (Wildman–Crippen LogP) is 2.92. The average molecular weight is 248 g/mol. The molecule has 18 heavy (non-hydrogen) atoms. The van der Waals surface area contributed by atoms with E-state index in [4.69, 9.17) is 9.47 Å². The lowest BCUT2D eigenvalue weighted by Crippen LogP contribution is -2.15. The van der Waals surface area contributed by atoms with Gasteiger partial charge in [-0.15, -0.1) is 0 Å². The van der Waals surface area contributed by atoms with E-state index in [1.165, 1.54) is 0 Å². The van der Waals surface area contributed by atoms with Gasteiger partial charge in [0.1, 0.15) is 0 Å². The van der Waals surface area contributed by atoms with Crippen molar-refractivity contribution >= 4 is 12.0 Å². The first-order chi connectivity index (χ1) is 8.63. The third-order valence-electron chi connectivity index (χ3n) is 2.25. The van der Waals surface area contributed by atoms with Gasteiger partial charge < -0.3 is 9.47 Å². The molecule has 1 rings (SSSR count). The van der Waals surface area contributed by atoms with Crippen LogP contribution in [-0.2, 0) is 14.3 Å². The standard InChI is InChI=1S/C15H20O3/c1-12(2)10-18-15(16)14(11-17-3)9-13-7-5-4-6-8-13/h4-9,12H,10-11H2,1-3H3. The molecule has 0 aliphatic carbocycles. The summed E-state index contributed by atoms with van der Waals surface area (Å²) in [6.45, 7) is 4.69. The zero-order valence-corrected chi connectivity index (χ0v) is 11.2. The van der Waals surface area contributed by atoms with E-state index >= 15 is 0 Å². The molecule has 0 N–H and O–H groups in total. The number of hydrogen-bond donors (Lipinski definition) is 0. The Morgan fingerprint density at radius 1 is 1.28 bits per heavy atom. The summed E-state index contributed by atoms with van der Waals surface area (Å²) in [6.07, 6.45) is 1.80. The van der Waals surface area contributed by atoms with Crippen LogP contribution in [0.4, 0.5) is 0 Å². The van der Waals surface area contributed by atoms with Crippen molar-refractivity contribution in [1.82, 2.24) is 0 Å². The number of carbonyl (C=O) groups excluding carboxylic acids is 1. The maximum absolute atomic E-state index is 11.9. The van der Waals surface area contributed by atoms with Gasteiger partial charge in [0.05, 0.1) is 18.8 Å². The fourth-order valence-electron chi connectivity index (χ4n) is 1.40. The molecule has 3 heteroatoms. The molecule has 98 valence electrons. The Morgan fingerprint density at radius 2 is 1.94 bits per heavy atom.